The minimum Gasteiger partial charge on any atom is -0.468 e. The van der Waals surface area contributed by atoms with Crippen LogP contribution in [0.2, 0.25) is 0 Å². The van der Waals surface area contributed by atoms with Gasteiger partial charge >= 0.3 is 5.97 Å². The van der Waals surface area contributed by atoms with Crippen molar-refractivity contribution < 1.29 is 9.53 Å². The Kier molecular flexibility index (Phi) is 3.67. The summed E-state index contributed by atoms with van der Waals surface area (Å²) in [6.45, 7) is 6.54. The molecule has 0 radical (unpaired) electrons. The van der Waals surface area contributed by atoms with Crippen molar-refractivity contribution in [1.29, 1.82) is 0 Å². The summed E-state index contributed by atoms with van der Waals surface area (Å²) >= 11 is 0. The van der Waals surface area contributed by atoms with Crippen LogP contribution in [0.1, 0.15) is 36.7 Å². The van der Waals surface area contributed by atoms with Gasteiger partial charge in [0.25, 0.3) is 0 Å². The number of carbonyl (C=O) groups excluding carboxylic acids is 1. The van der Waals surface area contributed by atoms with E-state index in [-0.39, 0.29) is 11.9 Å². The smallest absolute Gasteiger partial charge is 0.328 e. The molecule has 0 amide bonds. The number of rotatable bonds is 5. The highest BCUT2D eigenvalue weighted by Gasteiger charge is 2.49. The van der Waals surface area contributed by atoms with Gasteiger partial charge in [0, 0.05) is 5.69 Å². The lowest BCUT2D eigenvalue weighted by molar-refractivity contribution is -0.148. The molecular formula is C14H23N3O2. The van der Waals surface area contributed by atoms with E-state index in [2.05, 4.69) is 12.0 Å². The van der Waals surface area contributed by atoms with Crippen LogP contribution in [0.4, 0.5) is 0 Å². The van der Waals surface area contributed by atoms with Crippen LogP contribution in [0.15, 0.2) is 0 Å². The fourth-order valence-electron chi connectivity index (χ4n) is 2.80. The first kappa shape index (κ1) is 14.1. The zero-order chi connectivity index (χ0) is 14.2. The van der Waals surface area contributed by atoms with Crippen LogP contribution < -0.4 is 5.73 Å². The number of aryl methyl sites for hydroxylation is 1. The maximum atomic E-state index is 12.0. The van der Waals surface area contributed by atoms with Gasteiger partial charge in [-0.25, -0.2) is 4.79 Å². The third kappa shape index (κ3) is 2.39. The third-order valence-electron chi connectivity index (χ3n) is 4.17. The van der Waals surface area contributed by atoms with E-state index in [1.165, 1.54) is 12.7 Å². The highest BCUT2D eigenvalue weighted by Crippen LogP contribution is 2.40. The molecule has 106 valence electrons. The molecule has 19 heavy (non-hydrogen) atoms. The first-order chi connectivity index (χ1) is 8.93. The molecule has 0 aromatic carbocycles. The van der Waals surface area contributed by atoms with Gasteiger partial charge in [0.15, 0.2) is 0 Å². The summed E-state index contributed by atoms with van der Waals surface area (Å²) in [5.74, 6) is -0.116. The zero-order valence-corrected chi connectivity index (χ0v) is 12.2. The third-order valence-corrected chi connectivity index (χ3v) is 4.17. The molecule has 0 aliphatic heterocycles. The molecule has 1 aliphatic carbocycles. The SMILES string of the molecule is CCc1c(C)nn(CC(N)(C(=O)OC)C2CC2)c1C. The van der Waals surface area contributed by atoms with E-state index in [1.54, 1.807) is 0 Å². The van der Waals surface area contributed by atoms with E-state index in [0.717, 1.165) is 30.7 Å². The van der Waals surface area contributed by atoms with E-state index >= 15 is 0 Å². The van der Waals surface area contributed by atoms with Gasteiger partial charge in [0.2, 0.25) is 0 Å². The Hall–Kier alpha value is -1.36. The van der Waals surface area contributed by atoms with Crippen molar-refractivity contribution >= 4 is 5.97 Å². The van der Waals surface area contributed by atoms with Crippen LogP contribution in [-0.2, 0) is 22.5 Å². The Bertz CT molecular complexity index is 491. The van der Waals surface area contributed by atoms with Crippen LogP contribution in [0.25, 0.3) is 0 Å². The van der Waals surface area contributed by atoms with E-state index < -0.39 is 5.54 Å². The number of hydrogen-bond donors (Lipinski definition) is 1. The van der Waals surface area contributed by atoms with E-state index in [4.69, 9.17) is 10.5 Å². The number of nitrogens with zero attached hydrogens (tertiary/aromatic N) is 2. The van der Waals surface area contributed by atoms with Crippen LogP contribution in [-0.4, -0.2) is 28.4 Å². The van der Waals surface area contributed by atoms with Crippen LogP contribution in [0, 0.1) is 19.8 Å². The summed E-state index contributed by atoms with van der Waals surface area (Å²) in [6.07, 6.45) is 2.92. The molecular weight excluding hydrogens is 242 g/mol. The standard InChI is InChI=1S/C14H23N3O2/c1-5-12-9(2)16-17(10(12)3)8-14(15,11-6-7-11)13(18)19-4/h11H,5-8,15H2,1-4H3. The summed E-state index contributed by atoms with van der Waals surface area (Å²) in [7, 11) is 1.39. The summed E-state index contributed by atoms with van der Waals surface area (Å²) < 4.78 is 6.75. The van der Waals surface area contributed by atoms with Crippen LogP contribution in [0.5, 0.6) is 0 Å². The van der Waals surface area contributed by atoms with Crippen molar-refractivity contribution in [3.63, 3.8) is 0 Å². The van der Waals surface area contributed by atoms with Gasteiger partial charge in [-0.05, 0) is 44.6 Å². The van der Waals surface area contributed by atoms with E-state index in [1.807, 2.05) is 18.5 Å². The lowest BCUT2D eigenvalue weighted by atomic mass is 9.94. The van der Waals surface area contributed by atoms with Gasteiger partial charge in [0.1, 0.15) is 5.54 Å². The molecule has 0 bridgehead atoms. The summed E-state index contributed by atoms with van der Waals surface area (Å²) in [4.78, 5) is 12.0. The number of aromatic nitrogens is 2. The number of nitrogens with two attached hydrogens (primary N) is 1. The number of methoxy groups -OCH3 is 1. The first-order valence-electron chi connectivity index (χ1n) is 6.84. The lowest BCUT2D eigenvalue weighted by Gasteiger charge is -2.26. The summed E-state index contributed by atoms with van der Waals surface area (Å²) in [5.41, 5.74) is 8.73. The Labute approximate surface area is 114 Å². The number of hydrogen-bond acceptors (Lipinski definition) is 4. The largest absolute Gasteiger partial charge is 0.468 e. The van der Waals surface area contributed by atoms with Crippen LogP contribution >= 0.6 is 0 Å². The van der Waals surface area contributed by atoms with Crippen molar-refractivity contribution in [2.75, 3.05) is 7.11 Å². The molecule has 5 heteroatoms. The predicted octanol–water partition coefficient (Wildman–Crippen LogP) is 1.34. The molecule has 1 heterocycles. The molecule has 0 spiro atoms. The van der Waals surface area contributed by atoms with Crippen molar-refractivity contribution in [1.82, 2.24) is 9.78 Å². The summed E-state index contributed by atoms with van der Waals surface area (Å²) in [6, 6.07) is 0. The minimum absolute atomic E-state index is 0.217. The maximum Gasteiger partial charge on any atom is 0.328 e. The Morgan fingerprint density at radius 2 is 2.16 bits per heavy atom. The predicted molar refractivity (Wildman–Crippen MR) is 72.7 cm³/mol. The second-order valence-corrected chi connectivity index (χ2v) is 5.47. The Morgan fingerprint density at radius 3 is 2.58 bits per heavy atom. The molecule has 2 rings (SSSR count). The monoisotopic (exact) mass is 265 g/mol. The quantitative estimate of drug-likeness (QED) is 0.816. The van der Waals surface area contributed by atoms with E-state index in [0.29, 0.717) is 6.54 Å². The molecule has 1 aromatic rings. The first-order valence-corrected chi connectivity index (χ1v) is 6.84. The minimum atomic E-state index is -0.941. The highest BCUT2D eigenvalue weighted by atomic mass is 16.5. The Balaban J connectivity index is 2.30. The molecule has 1 aliphatic rings. The topological polar surface area (TPSA) is 70.1 Å². The van der Waals surface area contributed by atoms with Crippen LogP contribution in [0.3, 0.4) is 0 Å². The number of ether oxygens (including phenoxy) is 1. The number of esters is 1. The van der Waals surface area contributed by atoms with Gasteiger partial charge < -0.3 is 10.5 Å². The van der Waals surface area contributed by atoms with Gasteiger partial charge in [-0.1, -0.05) is 6.92 Å². The molecule has 0 saturated heterocycles. The van der Waals surface area contributed by atoms with Crippen molar-refractivity contribution in [3.8, 4) is 0 Å². The van der Waals surface area contributed by atoms with Crippen molar-refractivity contribution in [2.45, 2.75) is 52.1 Å². The van der Waals surface area contributed by atoms with Gasteiger partial charge in [-0.15, -0.1) is 0 Å². The second kappa shape index (κ2) is 4.96. The highest BCUT2D eigenvalue weighted by molar-refractivity contribution is 5.81. The van der Waals surface area contributed by atoms with Gasteiger partial charge in [-0.3, -0.25) is 4.68 Å². The molecule has 1 unspecified atom stereocenters. The maximum absolute atomic E-state index is 12.0. The second-order valence-electron chi connectivity index (χ2n) is 5.47. The molecule has 1 aromatic heterocycles. The zero-order valence-electron chi connectivity index (χ0n) is 12.2. The molecule has 2 N–H and O–H groups in total. The van der Waals surface area contributed by atoms with Gasteiger partial charge in [-0.2, -0.15) is 5.10 Å². The van der Waals surface area contributed by atoms with Crippen molar-refractivity contribution in [3.05, 3.63) is 17.0 Å². The fraction of sp³-hybridized carbons (Fsp3) is 0.714. The lowest BCUT2D eigenvalue weighted by Crippen LogP contribution is -2.54. The summed E-state index contributed by atoms with van der Waals surface area (Å²) in [5, 5.41) is 4.52. The van der Waals surface area contributed by atoms with E-state index in [9.17, 15) is 4.79 Å². The van der Waals surface area contributed by atoms with Gasteiger partial charge in [0.05, 0.1) is 19.3 Å². The number of carbonyl (C=O) groups is 1. The van der Waals surface area contributed by atoms with Crippen molar-refractivity contribution in [2.24, 2.45) is 11.7 Å². The normalized spacial score (nSPS) is 18.2. The Morgan fingerprint density at radius 1 is 1.53 bits per heavy atom. The average molecular weight is 265 g/mol. The molecule has 1 saturated carbocycles. The molecule has 1 atom stereocenters. The molecule has 1 fully saturated rings. The molecule has 5 nitrogen and oxygen atoms in total. The average Bonchev–Trinajstić information content (AvgIpc) is 3.18. The fourth-order valence-corrected chi connectivity index (χ4v) is 2.80.